The molecular formula is C14H19N3O2. The molecular weight excluding hydrogens is 242 g/mol. The summed E-state index contributed by atoms with van der Waals surface area (Å²) in [6, 6.07) is 3.71. The molecule has 2 aromatic heterocycles. The average Bonchev–Trinajstić information content (AvgIpc) is 3.02. The maximum absolute atomic E-state index is 6.42. The highest BCUT2D eigenvalue weighted by atomic mass is 16.5. The Balaban J connectivity index is 1.85. The van der Waals surface area contributed by atoms with Crippen molar-refractivity contribution in [1.29, 1.82) is 0 Å². The lowest BCUT2D eigenvalue weighted by molar-refractivity contribution is 0.230. The summed E-state index contributed by atoms with van der Waals surface area (Å²) >= 11 is 0. The summed E-state index contributed by atoms with van der Waals surface area (Å²) in [4.78, 5) is 4.42. The van der Waals surface area contributed by atoms with Gasteiger partial charge in [0, 0.05) is 0 Å². The van der Waals surface area contributed by atoms with E-state index < -0.39 is 5.54 Å². The van der Waals surface area contributed by atoms with Crippen LogP contribution in [0.5, 0.6) is 0 Å². The fourth-order valence-corrected chi connectivity index (χ4v) is 2.58. The lowest BCUT2D eigenvalue weighted by Crippen LogP contribution is -2.41. The maximum Gasteiger partial charge on any atom is 0.293 e. The molecule has 2 N–H and O–H groups in total. The van der Waals surface area contributed by atoms with Crippen molar-refractivity contribution >= 4 is 0 Å². The average molecular weight is 261 g/mol. The Morgan fingerprint density at radius 1 is 1.32 bits per heavy atom. The number of aromatic nitrogens is 2. The van der Waals surface area contributed by atoms with Crippen molar-refractivity contribution in [3.05, 3.63) is 23.7 Å². The normalized spacial score (nSPS) is 27.6. The third-order valence-electron chi connectivity index (χ3n) is 3.99. The third-order valence-corrected chi connectivity index (χ3v) is 3.99. The van der Waals surface area contributed by atoms with Crippen LogP contribution in [0, 0.1) is 12.8 Å². The summed E-state index contributed by atoms with van der Waals surface area (Å²) in [6.07, 6.45) is 4.04. The standard InChI is InChI=1S/C14H19N3O2/c1-9-5-7-14(15,8-6-9)13-16-12(19-17-13)11-4-3-10(2)18-11/h3-4,9H,5-8,15H2,1-2H3. The maximum atomic E-state index is 6.42. The minimum Gasteiger partial charge on any atom is -0.456 e. The molecule has 0 atom stereocenters. The van der Waals surface area contributed by atoms with Gasteiger partial charge in [-0.1, -0.05) is 12.1 Å². The quantitative estimate of drug-likeness (QED) is 0.899. The van der Waals surface area contributed by atoms with Crippen LogP contribution in [-0.2, 0) is 5.54 Å². The van der Waals surface area contributed by atoms with Gasteiger partial charge in [0.05, 0.1) is 5.54 Å². The lowest BCUT2D eigenvalue weighted by atomic mass is 9.77. The number of nitrogens with two attached hydrogens (primary N) is 1. The Hall–Kier alpha value is -1.62. The minimum atomic E-state index is -0.449. The summed E-state index contributed by atoms with van der Waals surface area (Å²) in [6.45, 7) is 4.14. The van der Waals surface area contributed by atoms with Crippen LogP contribution < -0.4 is 5.73 Å². The second-order valence-electron chi connectivity index (χ2n) is 5.67. The van der Waals surface area contributed by atoms with Crippen molar-refractivity contribution < 1.29 is 8.94 Å². The molecule has 1 aliphatic rings. The Morgan fingerprint density at radius 2 is 2.05 bits per heavy atom. The highest BCUT2D eigenvalue weighted by Crippen LogP contribution is 2.36. The first-order chi connectivity index (χ1) is 9.07. The van der Waals surface area contributed by atoms with Crippen LogP contribution in [0.1, 0.15) is 44.2 Å². The SMILES string of the molecule is Cc1ccc(-c2nc(C3(N)CCC(C)CC3)no2)o1. The van der Waals surface area contributed by atoms with Crippen LogP contribution in [0.15, 0.2) is 21.1 Å². The Bertz CT molecular complexity index is 565. The summed E-state index contributed by atoms with van der Waals surface area (Å²) < 4.78 is 10.8. The van der Waals surface area contributed by atoms with Gasteiger partial charge in [-0.2, -0.15) is 4.98 Å². The number of hydrogen-bond donors (Lipinski definition) is 1. The molecule has 0 spiro atoms. The molecule has 1 saturated carbocycles. The van der Waals surface area contributed by atoms with Gasteiger partial charge >= 0.3 is 0 Å². The summed E-state index contributed by atoms with van der Waals surface area (Å²) in [7, 11) is 0. The van der Waals surface area contributed by atoms with Crippen LogP contribution in [0.3, 0.4) is 0 Å². The van der Waals surface area contributed by atoms with E-state index in [9.17, 15) is 0 Å². The third kappa shape index (κ3) is 2.30. The van der Waals surface area contributed by atoms with Gasteiger partial charge in [-0.3, -0.25) is 0 Å². The molecule has 2 aromatic rings. The topological polar surface area (TPSA) is 78.1 Å². The van der Waals surface area contributed by atoms with Gasteiger partial charge in [0.25, 0.3) is 5.89 Å². The Kier molecular flexibility index (Phi) is 2.93. The first-order valence-electron chi connectivity index (χ1n) is 6.77. The van der Waals surface area contributed by atoms with E-state index in [1.165, 1.54) is 0 Å². The molecule has 0 radical (unpaired) electrons. The van der Waals surface area contributed by atoms with Gasteiger partial charge in [-0.15, -0.1) is 0 Å². The second-order valence-corrected chi connectivity index (χ2v) is 5.67. The van der Waals surface area contributed by atoms with Crippen molar-refractivity contribution in [2.75, 3.05) is 0 Å². The lowest BCUT2D eigenvalue weighted by Gasteiger charge is -2.33. The molecule has 0 bridgehead atoms. The van der Waals surface area contributed by atoms with Gasteiger partial charge < -0.3 is 14.7 Å². The first kappa shape index (κ1) is 12.4. The number of hydrogen-bond acceptors (Lipinski definition) is 5. The van der Waals surface area contributed by atoms with E-state index in [0.29, 0.717) is 17.5 Å². The predicted molar refractivity (Wildman–Crippen MR) is 70.2 cm³/mol. The van der Waals surface area contributed by atoms with E-state index in [-0.39, 0.29) is 0 Å². The van der Waals surface area contributed by atoms with Crippen molar-refractivity contribution in [3.8, 4) is 11.7 Å². The monoisotopic (exact) mass is 261 g/mol. The Morgan fingerprint density at radius 3 is 2.68 bits per heavy atom. The van der Waals surface area contributed by atoms with Crippen LogP contribution in [-0.4, -0.2) is 10.1 Å². The van der Waals surface area contributed by atoms with Gasteiger partial charge in [0.2, 0.25) is 0 Å². The van der Waals surface area contributed by atoms with E-state index >= 15 is 0 Å². The zero-order valence-corrected chi connectivity index (χ0v) is 11.3. The number of rotatable bonds is 2. The molecule has 5 nitrogen and oxygen atoms in total. The summed E-state index contributed by atoms with van der Waals surface area (Å²) in [5, 5.41) is 4.05. The molecule has 1 aliphatic carbocycles. The van der Waals surface area contributed by atoms with E-state index in [0.717, 1.165) is 37.4 Å². The van der Waals surface area contributed by atoms with E-state index in [4.69, 9.17) is 14.7 Å². The fraction of sp³-hybridized carbons (Fsp3) is 0.571. The van der Waals surface area contributed by atoms with Crippen molar-refractivity contribution in [2.45, 2.75) is 45.1 Å². The van der Waals surface area contributed by atoms with Crippen LogP contribution in [0.25, 0.3) is 11.7 Å². The molecule has 0 aliphatic heterocycles. The smallest absolute Gasteiger partial charge is 0.293 e. The zero-order chi connectivity index (χ0) is 13.5. The molecule has 5 heteroatoms. The minimum absolute atomic E-state index is 0.409. The summed E-state index contributed by atoms with van der Waals surface area (Å²) in [5.74, 6) is 3.17. The molecule has 19 heavy (non-hydrogen) atoms. The van der Waals surface area contributed by atoms with Crippen LogP contribution in [0.4, 0.5) is 0 Å². The summed E-state index contributed by atoms with van der Waals surface area (Å²) in [5.41, 5.74) is 5.98. The molecule has 0 aromatic carbocycles. The van der Waals surface area contributed by atoms with E-state index in [2.05, 4.69) is 17.1 Å². The number of furan rings is 1. The van der Waals surface area contributed by atoms with Gasteiger partial charge in [0.15, 0.2) is 11.6 Å². The first-order valence-corrected chi connectivity index (χ1v) is 6.77. The second kappa shape index (κ2) is 4.49. The van der Waals surface area contributed by atoms with Crippen LogP contribution in [0.2, 0.25) is 0 Å². The van der Waals surface area contributed by atoms with Crippen molar-refractivity contribution in [2.24, 2.45) is 11.7 Å². The predicted octanol–water partition coefficient (Wildman–Crippen LogP) is 3.00. The fourth-order valence-electron chi connectivity index (χ4n) is 2.58. The molecule has 3 rings (SSSR count). The van der Waals surface area contributed by atoms with Crippen LogP contribution >= 0.6 is 0 Å². The largest absolute Gasteiger partial charge is 0.456 e. The van der Waals surface area contributed by atoms with E-state index in [1.807, 2.05) is 19.1 Å². The number of nitrogens with zero attached hydrogens (tertiary/aromatic N) is 2. The number of aryl methyl sites for hydroxylation is 1. The van der Waals surface area contributed by atoms with Gasteiger partial charge in [0.1, 0.15) is 5.76 Å². The molecule has 102 valence electrons. The molecule has 0 saturated heterocycles. The molecule has 0 unspecified atom stereocenters. The van der Waals surface area contributed by atoms with Crippen molar-refractivity contribution in [1.82, 2.24) is 10.1 Å². The highest BCUT2D eigenvalue weighted by Gasteiger charge is 2.36. The molecule has 2 heterocycles. The Labute approximate surface area is 112 Å². The van der Waals surface area contributed by atoms with E-state index in [1.54, 1.807) is 0 Å². The van der Waals surface area contributed by atoms with Gasteiger partial charge in [-0.05, 0) is 50.7 Å². The van der Waals surface area contributed by atoms with Gasteiger partial charge in [-0.25, -0.2) is 0 Å². The molecule has 0 amide bonds. The zero-order valence-electron chi connectivity index (χ0n) is 11.3. The molecule has 1 fully saturated rings. The highest BCUT2D eigenvalue weighted by molar-refractivity contribution is 5.44. The van der Waals surface area contributed by atoms with Crippen molar-refractivity contribution in [3.63, 3.8) is 0 Å².